The van der Waals surface area contributed by atoms with Gasteiger partial charge in [0.25, 0.3) is 5.69 Å². The minimum Gasteiger partial charge on any atom is -0.488 e. The number of nitro benzene ring substituents is 1. The Balaban J connectivity index is 1.73. The van der Waals surface area contributed by atoms with Gasteiger partial charge in [0.1, 0.15) is 12.4 Å². The Bertz CT molecular complexity index is 1010. The maximum atomic E-state index is 10.9. The molecule has 0 atom stereocenters. The topological polar surface area (TPSA) is 64.4 Å². The maximum Gasteiger partial charge on any atom is 0.271 e. The van der Waals surface area contributed by atoms with E-state index in [2.05, 4.69) is 21.2 Å². The third-order valence-corrected chi connectivity index (χ3v) is 5.04. The average molecular weight is 482 g/mol. The van der Waals surface area contributed by atoms with E-state index >= 15 is 0 Å². The van der Waals surface area contributed by atoms with Crippen molar-refractivity contribution in [2.45, 2.75) is 13.2 Å². The first kappa shape index (κ1) is 20.5. The van der Waals surface area contributed by atoms with E-state index in [4.69, 9.17) is 27.9 Å². The Morgan fingerprint density at radius 2 is 1.86 bits per heavy atom. The molecule has 28 heavy (non-hydrogen) atoms. The molecule has 0 unspecified atom stereocenters. The monoisotopic (exact) mass is 480 g/mol. The van der Waals surface area contributed by atoms with E-state index in [9.17, 15) is 10.1 Å². The molecule has 0 aromatic heterocycles. The van der Waals surface area contributed by atoms with Gasteiger partial charge in [-0.1, -0.05) is 51.3 Å². The van der Waals surface area contributed by atoms with E-state index in [1.54, 1.807) is 24.3 Å². The van der Waals surface area contributed by atoms with Gasteiger partial charge in [0.15, 0.2) is 0 Å². The summed E-state index contributed by atoms with van der Waals surface area (Å²) >= 11 is 15.6. The van der Waals surface area contributed by atoms with Gasteiger partial charge >= 0.3 is 0 Å². The first-order chi connectivity index (χ1) is 13.4. The molecule has 5 nitrogen and oxygen atoms in total. The smallest absolute Gasteiger partial charge is 0.271 e. The highest BCUT2D eigenvalue weighted by Gasteiger charge is 2.09. The third-order valence-electron chi connectivity index (χ3n) is 3.96. The van der Waals surface area contributed by atoms with Crippen LogP contribution in [-0.4, -0.2) is 4.92 Å². The fourth-order valence-electron chi connectivity index (χ4n) is 2.55. The maximum absolute atomic E-state index is 10.9. The number of rotatable bonds is 7. The lowest BCUT2D eigenvalue weighted by Gasteiger charge is -2.14. The second kappa shape index (κ2) is 9.28. The summed E-state index contributed by atoms with van der Waals surface area (Å²) in [7, 11) is 0. The van der Waals surface area contributed by atoms with Crippen molar-refractivity contribution in [3.8, 4) is 5.75 Å². The van der Waals surface area contributed by atoms with Gasteiger partial charge in [-0.25, -0.2) is 0 Å². The van der Waals surface area contributed by atoms with E-state index in [1.165, 1.54) is 12.1 Å². The summed E-state index contributed by atoms with van der Waals surface area (Å²) in [6.07, 6.45) is 0. The zero-order chi connectivity index (χ0) is 20.1. The number of halogens is 3. The molecule has 1 N–H and O–H groups in total. The number of hydrogen-bond acceptors (Lipinski definition) is 4. The first-order valence-corrected chi connectivity index (χ1v) is 9.81. The van der Waals surface area contributed by atoms with E-state index in [0.717, 1.165) is 15.6 Å². The number of anilines is 1. The molecule has 0 amide bonds. The van der Waals surface area contributed by atoms with Crippen molar-refractivity contribution in [2.75, 3.05) is 5.32 Å². The molecule has 0 fully saturated rings. The van der Waals surface area contributed by atoms with Crippen LogP contribution in [0.4, 0.5) is 11.4 Å². The van der Waals surface area contributed by atoms with Crippen molar-refractivity contribution in [3.63, 3.8) is 0 Å². The number of nitrogens with zero attached hydrogens (tertiary/aromatic N) is 1. The van der Waals surface area contributed by atoms with Crippen molar-refractivity contribution in [1.82, 2.24) is 0 Å². The van der Waals surface area contributed by atoms with Crippen LogP contribution in [0.15, 0.2) is 65.1 Å². The van der Waals surface area contributed by atoms with Crippen molar-refractivity contribution in [1.29, 1.82) is 0 Å². The molecule has 0 bridgehead atoms. The van der Waals surface area contributed by atoms with Crippen LogP contribution in [0.2, 0.25) is 10.0 Å². The minimum atomic E-state index is -0.422. The minimum absolute atomic E-state index is 0.0353. The number of non-ortho nitro benzene ring substituents is 1. The summed E-state index contributed by atoms with van der Waals surface area (Å²) in [5, 5.41) is 15.2. The van der Waals surface area contributed by atoms with Crippen LogP contribution in [0.5, 0.6) is 5.75 Å². The molecular formula is C20H15BrCl2N2O3. The molecular weight excluding hydrogens is 467 g/mol. The number of hydrogen-bond donors (Lipinski definition) is 1. The molecule has 0 radical (unpaired) electrons. The SMILES string of the molecule is O=[N+]([O-])c1cccc(NCc2cc(Br)ccc2OCc2ccc(Cl)cc2Cl)c1. The molecule has 3 rings (SSSR count). The van der Waals surface area contributed by atoms with E-state index < -0.39 is 4.92 Å². The Hall–Kier alpha value is -2.28. The largest absolute Gasteiger partial charge is 0.488 e. The summed E-state index contributed by atoms with van der Waals surface area (Å²) < 4.78 is 6.86. The Morgan fingerprint density at radius 3 is 2.61 bits per heavy atom. The van der Waals surface area contributed by atoms with Gasteiger partial charge in [-0.2, -0.15) is 0 Å². The van der Waals surface area contributed by atoms with Gasteiger partial charge < -0.3 is 10.1 Å². The predicted octanol–water partition coefficient (Wildman–Crippen LogP) is 6.86. The van der Waals surface area contributed by atoms with Crippen LogP contribution >= 0.6 is 39.1 Å². The molecule has 0 aliphatic rings. The van der Waals surface area contributed by atoms with Crippen molar-refractivity contribution in [2.24, 2.45) is 0 Å². The van der Waals surface area contributed by atoms with Gasteiger partial charge in [-0.3, -0.25) is 10.1 Å². The van der Waals surface area contributed by atoms with Gasteiger partial charge in [-0.05, 0) is 36.4 Å². The zero-order valence-electron chi connectivity index (χ0n) is 14.5. The number of nitrogens with one attached hydrogen (secondary N) is 1. The predicted molar refractivity (Wildman–Crippen MR) is 115 cm³/mol. The summed E-state index contributed by atoms with van der Waals surface area (Å²) in [5.41, 5.74) is 2.41. The van der Waals surface area contributed by atoms with E-state index in [-0.39, 0.29) is 5.69 Å². The molecule has 8 heteroatoms. The molecule has 3 aromatic rings. The van der Waals surface area contributed by atoms with E-state index in [1.807, 2.05) is 24.3 Å². The highest BCUT2D eigenvalue weighted by Crippen LogP contribution is 2.28. The Labute approximate surface area is 180 Å². The highest BCUT2D eigenvalue weighted by molar-refractivity contribution is 9.10. The Kier molecular flexibility index (Phi) is 6.78. The first-order valence-electron chi connectivity index (χ1n) is 8.26. The van der Waals surface area contributed by atoms with Gasteiger partial charge in [-0.15, -0.1) is 0 Å². The van der Waals surface area contributed by atoms with Crippen LogP contribution in [-0.2, 0) is 13.2 Å². The standard InChI is InChI=1S/C20H15BrCl2N2O3/c21-15-5-7-20(28-12-13-4-6-16(22)9-19(13)23)14(8-15)11-24-17-2-1-3-18(10-17)25(26)27/h1-10,24H,11-12H2. The Morgan fingerprint density at radius 1 is 1.04 bits per heavy atom. The number of nitro groups is 1. The summed E-state index contributed by atoms with van der Waals surface area (Å²) in [5.74, 6) is 0.687. The second-order valence-corrected chi connectivity index (χ2v) is 7.70. The molecule has 0 heterocycles. The molecule has 0 spiro atoms. The van der Waals surface area contributed by atoms with Crippen LogP contribution < -0.4 is 10.1 Å². The lowest BCUT2D eigenvalue weighted by molar-refractivity contribution is -0.384. The van der Waals surface area contributed by atoms with Crippen molar-refractivity contribution in [3.05, 3.63) is 96.4 Å². The third kappa shape index (κ3) is 5.38. The molecule has 144 valence electrons. The fourth-order valence-corrected chi connectivity index (χ4v) is 3.42. The van der Waals surface area contributed by atoms with E-state index in [0.29, 0.717) is 34.6 Å². The molecule has 3 aromatic carbocycles. The summed E-state index contributed by atoms with van der Waals surface area (Å²) in [4.78, 5) is 10.5. The number of ether oxygens (including phenoxy) is 1. The molecule has 0 aliphatic heterocycles. The van der Waals surface area contributed by atoms with Crippen molar-refractivity contribution < 1.29 is 9.66 Å². The fraction of sp³-hybridized carbons (Fsp3) is 0.100. The quantitative estimate of drug-likeness (QED) is 0.296. The molecule has 0 aliphatic carbocycles. The second-order valence-electron chi connectivity index (χ2n) is 5.94. The van der Waals surface area contributed by atoms with Gasteiger partial charge in [0.05, 0.1) is 4.92 Å². The van der Waals surface area contributed by atoms with Crippen LogP contribution in [0.25, 0.3) is 0 Å². The highest BCUT2D eigenvalue weighted by atomic mass is 79.9. The van der Waals surface area contributed by atoms with Gasteiger partial charge in [0.2, 0.25) is 0 Å². The molecule has 0 saturated carbocycles. The number of benzene rings is 3. The van der Waals surface area contributed by atoms with Crippen LogP contribution in [0.1, 0.15) is 11.1 Å². The van der Waals surface area contributed by atoms with Crippen molar-refractivity contribution >= 4 is 50.5 Å². The summed E-state index contributed by atoms with van der Waals surface area (Å²) in [6, 6.07) is 17.3. The zero-order valence-corrected chi connectivity index (χ0v) is 17.6. The van der Waals surface area contributed by atoms with Crippen LogP contribution in [0.3, 0.4) is 0 Å². The normalized spacial score (nSPS) is 10.5. The summed E-state index contributed by atoms with van der Waals surface area (Å²) in [6.45, 7) is 0.728. The lowest BCUT2D eigenvalue weighted by Crippen LogP contribution is -2.04. The lowest BCUT2D eigenvalue weighted by atomic mass is 10.2. The van der Waals surface area contributed by atoms with Crippen LogP contribution in [0, 0.1) is 10.1 Å². The average Bonchev–Trinajstić information content (AvgIpc) is 2.67. The van der Waals surface area contributed by atoms with Gasteiger partial charge in [0, 0.05) is 50.0 Å². The molecule has 0 saturated heterocycles.